The summed E-state index contributed by atoms with van der Waals surface area (Å²) >= 11 is 7.33. The lowest BCUT2D eigenvalue weighted by Gasteiger charge is -2.45. The van der Waals surface area contributed by atoms with E-state index in [1.807, 2.05) is 25.3 Å². The van der Waals surface area contributed by atoms with Crippen molar-refractivity contribution in [2.75, 3.05) is 26.8 Å². The quantitative estimate of drug-likeness (QED) is 0.363. The van der Waals surface area contributed by atoms with Gasteiger partial charge in [0.1, 0.15) is 19.3 Å². The van der Waals surface area contributed by atoms with Gasteiger partial charge in [0.05, 0.1) is 16.2 Å². The first-order valence-electron chi connectivity index (χ1n) is 10.9. The fraction of sp³-hybridized carbons (Fsp3) is 0.435. The van der Waals surface area contributed by atoms with Crippen LogP contribution in [0, 0.1) is 6.92 Å². The molecule has 0 amide bonds. The fourth-order valence-corrected chi connectivity index (χ4v) is 6.08. The van der Waals surface area contributed by atoms with E-state index in [-0.39, 0.29) is 5.56 Å². The number of halogens is 3. The SMILES string of the molecule is CON=Cc1cccnc1-n1cc(CN2CCC3(CC2)OCC(F)(F)c2cc(Cl)sc23)c(C)n1. The number of hydrogen-bond acceptors (Lipinski definition) is 7. The van der Waals surface area contributed by atoms with E-state index in [0.29, 0.717) is 34.4 Å². The third-order valence-electron chi connectivity index (χ3n) is 6.43. The minimum Gasteiger partial charge on any atom is -0.399 e. The van der Waals surface area contributed by atoms with E-state index in [1.165, 1.54) is 24.5 Å². The molecule has 5 heterocycles. The van der Waals surface area contributed by atoms with Crippen LogP contribution in [0.15, 0.2) is 35.7 Å². The molecule has 7 nitrogen and oxygen atoms in total. The largest absolute Gasteiger partial charge is 0.399 e. The zero-order valence-corrected chi connectivity index (χ0v) is 20.4. The predicted octanol–water partition coefficient (Wildman–Crippen LogP) is 4.88. The van der Waals surface area contributed by atoms with Gasteiger partial charge >= 0.3 is 0 Å². The first-order valence-corrected chi connectivity index (χ1v) is 12.1. The van der Waals surface area contributed by atoms with Gasteiger partial charge in [-0.2, -0.15) is 13.9 Å². The highest BCUT2D eigenvalue weighted by Gasteiger charge is 2.51. The van der Waals surface area contributed by atoms with E-state index < -0.39 is 18.1 Å². The van der Waals surface area contributed by atoms with Crippen LogP contribution < -0.4 is 0 Å². The minimum atomic E-state index is -2.99. The van der Waals surface area contributed by atoms with Gasteiger partial charge in [0, 0.05) is 53.6 Å². The van der Waals surface area contributed by atoms with Crippen molar-refractivity contribution in [2.24, 2.45) is 5.16 Å². The molecule has 3 aromatic heterocycles. The molecule has 1 fully saturated rings. The molecule has 5 rings (SSSR count). The molecule has 0 N–H and O–H groups in total. The van der Waals surface area contributed by atoms with Crippen molar-refractivity contribution in [1.29, 1.82) is 0 Å². The van der Waals surface area contributed by atoms with E-state index in [1.54, 1.807) is 17.1 Å². The number of alkyl halides is 2. The Morgan fingerprint density at radius 1 is 1.35 bits per heavy atom. The number of oxime groups is 1. The Balaban J connectivity index is 1.31. The van der Waals surface area contributed by atoms with Crippen molar-refractivity contribution < 1.29 is 18.4 Å². The number of ether oxygens (including phenoxy) is 1. The van der Waals surface area contributed by atoms with Crippen LogP contribution in [0.5, 0.6) is 0 Å². The second-order valence-electron chi connectivity index (χ2n) is 8.57. The number of aromatic nitrogens is 3. The normalized spacial score (nSPS) is 19.6. The molecular formula is C23H24ClF2N5O2S. The number of rotatable bonds is 5. The predicted molar refractivity (Wildman–Crippen MR) is 126 cm³/mol. The Morgan fingerprint density at radius 3 is 2.91 bits per heavy atom. The highest BCUT2D eigenvalue weighted by Crippen LogP contribution is 2.52. The third-order valence-corrected chi connectivity index (χ3v) is 7.88. The number of pyridine rings is 1. The van der Waals surface area contributed by atoms with Crippen LogP contribution in [0.4, 0.5) is 8.78 Å². The van der Waals surface area contributed by atoms with E-state index in [9.17, 15) is 8.78 Å². The van der Waals surface area contributed by atoms with Crippen molar-refractivity contribution >= 4 is 29.2 Å². The Hall–Kier alpha value is -2.40. The number of piperidine rings is 1. The monoisotopic (exact) mass is 507 g/mol. The molecule has 3 aromatic rings. The lowest BCUT2D eigenvalue weighted by atomic mass is 9.84. The summed E-state index contributed by atoms with van der Waals surface area (Å²) in [4.78, 5) is 12.1. The van der Waals surface area contributed by atoms with Gasteiger partial charge in [-0.05, 0) is 38.0 Å². The summed E-state index contributed by atoms with van der Waals surface area (Å²) in [5.74, 6) is -2.33. The van der Waals surface area contributed by atoms with Crippen LogP contribution in [0.25, 0.3) is 5.82 Å². The zero-order chi connectivity index (χ0) is 23.9. The van der Waals surface area contributed by atoms with Gasteiger partial charge in [-0.25, -0.2) is 9.67 Å². The second kappa shape index (κ2) is 8.99. The third kappa shape index (κ3) is 4.24. The molecule has 0 radical (unpaired) electrons. The van der Waals surface area contributed by atoms with Crippen molar-refractivity contribution in [2.45, 2.75) is 37.8 Å². The van der Waals surface area contributed by atoms with Gasteiger partial charge in [0.25, 0.3) is 5.92 Å². The molecule has 0 atom stereocenters. The maximum absolute atomic E-state index is 14.4. The number of hydrogen-bond donors (Lipinski definition) is 0. The average Bonchev–Trinajstić information content (AvgIpc) is 3.41. The number of nitrogens with zero attached hydrogens (tertiary/aromatic N) is 5. The van der Waals surface area contributed by atoms with Crippen LogP contribution in [0.1, 0.15) is 40.1 Å². The molecule has 34 heavy (non-hydrogen) atoms. The topological polar surface area (TPSA) is 64.8 Å². The van der Waals surface area contributed by atoms with E-state index in [4.69, 9.17) is 21.2 Å². The molecule has 0 bridgehead atoms. The van der Waals surface area contributed by atoms with E-state index in [2.05, 4.69) is 20.1 Å². The van der Waals surface area contributed by atoms with Gasteiger partial charge in [-0.3, -0.25) is 4.90 Å². The molecule has 180 valence electrons. The van der Waals surface area contributed by atoms with Gasteiger partial charge < -0.3 is 9.57 Å². The molecule has 0 aromatic carbocycles. The van der Waals surface area contributed by atoms with Gasteiger partial charge in [-0.1, -0.05) is 16.8 Å². The summed E-state index contributed by atoms with van der Waals surface area (Å²) in [7, 11) is 1.49. The van der Waals surface area contributed by atoms with Crippen molar-refractivity contribution in [3.8, 4) is 5.82 Å². The van der Waals surface area contributed by atoms with Crippen LogP contribution in [0.3, 0.4) is 0 Å². The summed E-state index contributed by atoms with van der Waals surface area (Å²) in [5, 5.41) is 8.49. The van der Waals surface area contributed by atoms with Crippen molar-refractivity contribution in [3.05, 3.63) is 62.2 Å². The lowest BCUT2D eigenvalue weighted by Crippen LogP contribution is -2.48. The Morgan fingerprint density at radius 2 is 2.15 bits per heavy atom. The van der Waals surface area contributed by atoms with E-state index >= 15 is 0 Å². The lowest BCUT2D eigenvalue weighted by molar-refractivity contribution is -0.182. The van der Waals surface area contributed by atoms with Crippen LogP contribution in [0.2, 0.25) is 4.34 Å². The number of fused-ring (bicyclic) bond motifs is 2. The molecular weight excluding hydrogens is 484 g/mol. The van der Waals surface area contributed by atoms with Crippen LogP contribution in [-0.2, 0) is 27.6 Å². The molecule has 0 aliphatic carbocycles. The number of aryl methyl sites for hydroxylation is 1. The summed E-state index contributed by atoms with van der Waals surface area (Å²) in [5.41, 5.74) is 2.11. The van der Waals surface area contributed by atoms with Crippen molar-refractivity contribution in [3.63, 3.8) is 0 Å². The summed E-state index contributed by atoms with van der Waals surface area (Å²) in [6.07, 6.45) is 6.55. The smallest absolute Gasteiger partial charge is 0.297 e. The summed E-state index contributed by atoms with van der Waals surface area (Å²) in [6.45, 7) is 3.51. The molecule has 11 heteroatoms. The first-order chi connectivity index (χ1) is 16.3. The standard InChI is InChI=1S/C23H24ClF2N5O2S/c1-15-17(13-31(29-15)21-16(11-28-32-2)4-3-7-27-21)12-30-8-5-22(6-9-30)20-18(10-19(24)34-20)23(25,26)14-33-22/h3-4,7,10-11,13H,5-6,8-9,12,14H2,1-2H3. The van der Waals surface area contributed by atoms with Crippen LogP contribution in [-0.4, -0.2) is 52.7 Å². The van der Waals surface area contributed by atoms with Crippen LogP contribution >= 0.6 is 22.9 Å². The summed E-state index contributed by atoms with van der Waals surface area (Å²) in [6, 6.07) is 5.13. The molecule has 0 saturated carbocycles. The Labute approximate surface area is 204 Å². The Kier molecular flexibility index (Phi) is 6.18. The number of thiophene rings is 1. The highest BCUT2D eigenvalue weighted by atomic mass is 35.5. The Bertz CT molecular complexity index is 1220. The summed E-state index contributed by atoms with van der Waals surface area (Å²) < 4.78 is 36.7. The molecule has 1 spiro atoms. The molecule has 1 saturated heterocycles. The van der Waals surface area contributed by atoms with Gasteiger partial charge in [-0.15, -0.1) is 11.3 Å². The second-order valence-corrected chi connectivity index (χ2v) is 10.3. The maximum atomic E-state index is 14.4. The minimum absolute atomic E-state index is 0.0301. The zero-order valence-electron chi connectivity index (χ0n) is 18.8. The highest BCUT2D eigenvalue weighted by molar-refractivity contribution is 7.16. The molecule has 2 aliphatic rings. The molecule has 2 aliphatic heterocycles. The fourth-order valence-electron chi connectivity index (χ4n) is 4.60. The molecule has 0 unspecified atom stereocenters. The van der Waals surface area contributed by atoms with E-state index in [0.717, 1.165) is 29.9 Å². The number of likely N-dealkylation sites (tertiary alicyclic amines) is 1. The average molecular weight is 508 g/mol. The maximum Gasteiger partial charge on any atom is 0.297 e. The van der Waals surface area contributed by atoms with Gasteiger partial charge in [0.15, 0.2) is 5.82 Å². The van der Waals surface area contributed by atoms with Gasteiger partial charge in [0.2, 0.25) is 0 Å². The first kappa shape index (κ1) is 23.3. The van der Waals surface area contributed by atoms with Crippen molar-refractivity contribution in [1.82, 2.24) is 19.7 Å².